The molecule has 0 aliphatic heterocycles. The number of hydrogen-bond acceptors (Lipinski definition) is 4. The van der Waals surface area contributed by atoms with E-state index < -0.39 is 0 Å². The first-order valence-corrected chi connectivity index (χ1v) is 8.42. The first-order valence-electron chi connectivity index (χ1n) is 7.62. The molecule has 0 atom stereocenters. The molecule has 3 aromatic rings. The van der Waals surface area contributed by atoms with E-state index >= 15 is 0 Å². The van der Waals surface area contributed by atoms with Crippen LogP contribution in [0.25, 0.3) is 11.0 Å². The minimum atomic E-state index is -0.295. The molecule has 24 heavy (non-hydrogen) atoms. The van der Waals surface area contributed by atoms with Crippen LogP contribution in [0, 0.1) is 6.92 Å². The van der Waals surface area contributed by atoms with Crippen molar-refractivity contribution in [2.75, 3.05) is 13.2 Å². The van der Waals surface area contributed by atoms with Crippen LogP contribution in [-0.2, 0) is 16.0 Å². The van der Waals surface area contributed by atoms with Crippen LogP contribution in [0.2, 0.25) is 0 Å². The summed E-state index contributed by atoms with van der Waals surface area (Å²) >= 11 is 3.38. The fraction of sp³-hybridized carbons (Fsp3) is 0.211. The normalized spacial score (nSPS) is 10.8. The lowest BCUT2D eigenvalue weighted by atomic mass is 10.1. The standard InChI is InChI=1S/C19H17BrO4/c1-13-5-6-17-14(12-24-18(17)9-13)10-19(21)23-8-7-22-16-4-2-3-15(20)11-16/h2-6,9,11-12H,7-8,10H2,1H3. The minimum absolute atomic E-state index is 0.187. The summed E-state index contributed by atoms with van der Waals surface area (Å²) in [6.07, 6.45) is 1.80. The zero-order valence-electron chi connectivity index (χ0n) is 13.3. The van der Waals surface area contributed by atoms with Crippen molar-refractivity contribution in [3.05, 3.63) is 64.3 Å². The molecule has 0 aliphatic carbocycles. The maximum absolute atomic E-state index is 12.0. The van der Waals surface area contributed by atoms with Crippen LogP contribution >= 0.6 is 15.9 Å². The van der Waals surface area contributed by atoms with Crippen LogP contribution in [0.3, 0.4) is 0 Å². The minimum Gasteiger partial charge on any atom is -0.490 e. The number of fused-ring (bicyclic) bond motifs is 1. The molecule has 0 unspecified atom stereocenters. The topological polar surface area (TPSA) is 48.7 Å². The fourth-order valence-corrected chi connectivity index (χ4v) is 2.78. The zero-order valence-corrected chi connectivity index (χ0v) is 14.8. The molecule has 0 bridgehead atoms. The second-order valence-corrected chi connectivity index (χ2v) is 6.38. The Kier molecular flexibility index (Phi) is 5.20. The van der Waals surface area contributed by atoms with Gasteiger partial charge in [-0.25, -0.2) is 0 Å². The van der Waals surface area contributed by atoms with Crippen LogP contribution in [0.15, 0.2) is 57.6 Å². The molecule has 0 saturated heterocycles. The quantitative estimate of drug-likeness (QED) is 0.454. The molecule has 1 aromatic heterocycles. The Hall–Kier alpha value is -2.27. The van der Waals surface area contributed by atoms with E-state index in [1.54, 1.807) is 6.26 Å². The van der Waals surface area contributed by atoms with Gasteiger partial charge in [-0.3, -0.25) is 4.79 Å². The van der Waals surface area contributed by atoms with Gasteiger partial charge in [0.25, 0.3) is 0 Å². The van der Waals surface area contributed by atoms with E-state index in [1.807, 2.05) is 49.4 Å². The Bertz CT molecular complexity index is 853. The molecular weight excluding hydrogens is 372 g/mol. The van der Waals surface area contributed by atoms with E-state index in [2.05, 4.69) is 15.9 Å². The summed E-state index contributed by atoms with van der Waals surface area (Å²) < 4.78 is 17.2. The molecule has 0 N–H and O–H groups in total. The summed E-state index contributed by atoms with van der Waals surface area (Å²) in [5.41, 5.74) is 2.74. The number of benzene rings is 2. The molecule has 1 heterocycles. The van der Waals surface area contributed by atoms with E-state index in [0.29, 0.717) is 6.61 Å². The number of halogens is 1. The molecule has 0 aliphatic rings. The van der Waals surface area contributed by atoms with Crippen molar-refractivity contribution in [2.24, 2.45) is 0 Å². The molecule has 3 rings (SSSR count). The predicted octanol–water partition coefficient (Wildman–Crippen LogP) is 4.67. The maximum Gasteiger partial charge on any atom is 0.310 e. The second-order valence-electron chi connectivity index (χ2n) is 5.46. The fourth-order valence-electron chi connectivity index (χ4n) is 2.41. The third kappa shape index (κ3) is 4.17. The summed E-state index contributed by atoms with van der Waals surface area (Å²) in [4.78, 5) is 12.0. The molecule has 0 radical (unpaired) electrons. The molecular formula is C19H17BrO4. The Balaban J connectivity index is 1.48. The van der Waals surface area contributed by atoms with Gasteiger partial charge in [-0.05, 0) is 36.8 Å². The molecule has 0 spiro atoms. The van der Waals surface area contributed by atoms with Gasteiger partial charge in [0.15, 0.2) is 0 Å². The molecule has 124 valence electrons. The van der Waals surface area contributed by atoms with Gasteiger partial charge in [0.2, 0.25) is 0 Å². The van der Waals surface area contributed by atoms with Crippen molar-refractivity contribution < 1.29 is 18.7 Å². The molecule has 0 amide bonds. The molecule has 0 saturated carbocycles. The van der Waals surface area contributed by atoms with Gasteiger partial charge < -0.3 is 13.9 Å². The van der Waals surface area contributed by atoms with E-state index in [9.17, 15) is 4.79 Å². The van der Waals surface area contributed by atoms with E-state index in [4.69, 9.17) is 13.9 Å². The van der Waals surface area contributed by atoms with Gasteiger partial charge in [-0.15, -0.1) is 0 Å². The lowest BCUT2D eigenvalue weighted by Gasteiger charge is -2.07. The lowest BCUT2D eigenvalue weighted by molar-refractivity contribution is -0.143. The van der Waals surface area contributed by atoms with Crippen molar-refractivity contribution >= 4 is 32.9 Å². The van der Waals surface area contributed by atoms with Crippen LogP contribution in [-0.4, -0.2) is 19.2 Å². The Morgan fingerprint density at radius 1 is 1.17 bits per heavy atom. The number of carbonyl (C=O) groups is 1. The summed E-state index contributed by atoms with van der Waals surface area (Å²) in [5.74, 6) is 0.438. The lowest BCUT2D eigenvalue weighted by Crippen LogP contribution is -2.13. The van der Waals surface area contributed by atoms with Crippen LogP contribution < -0.4 is 4.74 Å². The van der Waals surface area contributed by atoms with Crippen LogP contribution in [0.5, 0.6) is 5.75 Å². The number of hydrogen-bond donors (Lipinski definition) is 0. The van der Waals surface area contributed by atoms with Crippen LogP contribution in [0.1, 0.15) is 11.1 Å². The molecule has 4 nitrogen and oxygen atoms in total. The van der Waals surface area contributed by atoms with Gasteiger partial charge >= 0.3 is 5.97 Å². The number of furan rings is 1. The summed E-state index contributed by atoms with van der Waals surface area (Å²) in [6, 6.07) is 13.4. The van der Waals surface area contributed by atoms with Gasteiger partial charge in [-0.1, -0.05) is 34.1 Å². The smallest absolute Gasteiger partial charge is 0.310 e. The van der Waals surface area contributed by atoms with Crippen molar-refractivity contribution in [3.63, 3.8) is 0 Å². The highest BCUT2D eigenvalue weighted by molar-refractivity contribution is 9.10. The zero-order chi connectivity index (χ0) is 16.9. The van der Waals surface area contributed by atoms with E-state index in [-0.39, 0.29) is 19.0 Å². The number of esters is 1. The average molecular weight is 389 g/mol. The van der Waals surface area contributed by atoms with E-state index in [0.717, 1.165) is 32.3 Å². The van der Waals surface area contributed by atoms with Crippen LogP contribution in [0.4, 0.5) is 0 Å². The van der Waals surface area contributed by atoms with Crippen molar-refractivity contribution in [1.82, 2.24) is 0 Å². The average Bonchev–Trinajstić information content (AvgIpc) is 2.93. The number of ether oxygens (including phenoxy) is 2. The van der Waals surface area contributed by atoms with Crippen molar-refractivity contribution in [3.8, 4) is 5.75 Å². The van der Waals surface area contributed by atoms with E-state index in [1.165, 1.54) is 0 Å². The SMILES string of the molecule is Cc1ccc2c(CC(=O)OCCOc3cccc(Br)c3)coc2c1. The highest BCUT2D eigenvalue weighted by Gasteiger charge is 2.11. The first kappa shape index (κ1) is 16.6. The predicted molar refractivity (Wildman–Crippen MR) is 95.3 cm³/mol. The molecule has 5 heteroatoms. The Labute approximate surface area is 148 Å². The number of aryl methyl sites for hydroxylation is 1. The third-order valence-corrected chi connectivity index (χ3v) is 4.05. The Morgan fingerprint density at radius 2 is 2.04 bits per heavy atom. The second kappa shape index (κ2) is 7.53. The maximum atomic E-state index is 12.0. The number of carbonyl (C=O) groups excluding carboxylic acids is 1. The largest absolute Gasteiger partial charge is 0.490 e. The van der Waals surface area contributed by atoms with Crippen molar-refractivity contribution in [1.29, 1.82) is 0 Å². The first-order chi connectivity index (χ1) is 11.6. The summed E-state index contributed by atoms with van der Waals surface area (Å²) in [5, 5.41) is 0.947. The van der Waals surface area contributed by atoms with Gasteiger partial charge in [0, 0.05) is 15.4 Å². The Morgan fingerprint density at radius 3 is 2.88 bits per heavy atom. The molecule has 2 aromatic carbocycles. The monoisotopic (exact) mass is 388 g/mol. The summed E-state index contributed by atoms with van der Waals surface area (Å²) in [7, 11) is 0. The highest BCUT2D eigenvalue weighted by Crippen LogP contribution is 2.23. The van der Waals surface area contributed by atoms with Crippen molar-refractivity contribution in [2.45, 2.75) is 13.3 Å². The summed E-state index contributed by atoms with van der Waals surface area (Å²) in [6.45, 7) is 2.52. The highest BCUT2D eigenvalue weighted by atomic mass is 79.9. The van der Waals surface area contributed by atoms with Gasteiger partial charge in [-0.2, -0.15) is 0 Å². The van der Waals surface area contributed by atoms with Gasteiger partial charge in [0.1, 0.15) is 24.5 Å². The van der Waals surface area contributed by atoms with Gasteiger partial charge in [0.05, 0.1) is 12.7 Å². The number of rotatable bonds is 6. The third-order valence-electron chi connectivity index (χ3n) is 3.56. The molecule has 0 fully saturated rings.